The third kappa shape index (κ3) is 5.24. The Morgan fingerprint density at radius 3 is 2.39 bits per heavy atom. The third-order valence-corrected chi connectivity index (χ3v) is 4.41. The quantitative estimate of drug-likeness (QED) is 0.776. The van der Waals surface area contributed by atoms with Crippen molar-refractivity contribution >= 4 is 24.5 Å². The normalized spacial score (nSPS) is 23.3. The maximum absolute atomic E-state index is 12.1. The van der Waals surface area contributed by atoms with E-state index >= 15 is 0 Å². The van der Waals surface area contributed by atoms with E-state index in [9.17, 15) is 9.59 Å². The van der Waals surface area contributed by atoms with Gasteiger partial charge in [0.25, 0.3) is 0 Å². The van der Waals surface area contributed by atoms with Gasteiger partial charge in [-0.2, -0.15) is 0 Å². The summed E-state index contributed by atoms with van der Waals surface area (Å²) in [6.45, 7) is 10.1. The summed E-state index contributed by atoms with van der Waals surface area (Å²) in [7, 11) is 0. The highest BCUT2D eigenvalue weighted by molar-refractivity contribution is 5.85. The average molecular weight is 349 g/mol. The molecule has 7 heteroatoms. The van der Waals surface area contributed by atoms with Gasteiger partial charge in [0.2, 0.25) is 0 Å². The third-order valence-electron chi connectivity index (χ3n) is 4.41. The number of carbonyl (C=O) groups excluding carboxylic acids is 2. The van der Waals surface area contributed by atoms with E-state index in [1.807, 2.05) is 27.7 Å². The molecule has 0 radical (unpaired) electrons. The van der Waals surface area contributed by atoms with Crippen molar-refractivity contribution in [2.75, 3.05) is 26.2 Å². The van der Waals surface area contributed by atoms with Crippen molar-refractivity contribution in [1.82, 2.24) is 10.2 Å². The van der Waals surface area contributed by atoms with Gasteiger partial charge < -0.3 is 19.7 Å². The van der Waals surface area contributed by atoms with Gasteiger partial charge >= 0.3 is 12.1 Å². The van der Waals surface area contributed by atoms with E-state index in [0.29, 0.717) is 19.7 Å². The largest absolute Gasteiger partial charge is 0.465 e. The summed E-state index contributed by atoms with van der Waals surface area (Å²) in [5.41, 5.74) is -0.355. The Morgan fingerprint density at radius 2 is 1.87 bits per heavy atom. The van der Waals surface area contributed by atoms with E-state index in [1.54, 1.807) is 4.90 Å². The fourth-order valence-corrected chi connectivity index (χ4v) is 3.20. The van der Waals surface area contributed by atoms with Gasteiger partial charge in [0.05, 0.1) is 6.61 Å². The van der Waals surface area contributed by atoms with Gasteiger partial charge in [-0.05, 0) is 52.4 Å². The Kier molecular flexibility index (Phi) is 6.71. The fraction of sp³-hybridized carbons (Fsp3) is 0.875. The molecule has 2 saturated heterocycles. The van der Waals surface area contributed by atoms with Crippen LogP contribution in [0.4, 0.5) is 4.79 Å². The molecule has 2 aliphatic rings. The van der Waals surface area contributed by atoms with Crippen LogP contribution in [0.15, 0.2) is 0 Å². The van der Waals surface area contributed by atoms with Crippen LogP contribution in [-0.4, -0.2) is 54.8 Å². The van der Waals surface area contributed by atoms with Crippen LogP contribution in [-0.2, 0) is 14.3 Å². The number of nitrogens with one attached hydrogen (secondary N) is 1. The number of esters is 1. The summed E-state index contributed by atoms with van der Waals surface area (Å²) in [5, 5.41) is 3.27. The molecular formula is C16H29ClN2O4. The number of hydrogen-bond acceptors (Lipinski definition) is 5. The minimum Gasteiger partial charge on any atom is -0.465 e. The maximum Gasteiger partial charge on any atom is 0.410 e. The van der Waals surface area contributed by atoms with Crippen LogP contribution in [0.3, 0.4) is 0 Å². The Balaban J connectivity index is 0.00000264. The van der Waals surface area contributed by atoms with Crippen LogP contribution >= 0.6 is 12.4 Å². The highest BCUT2D eigenvalue weighted by Gasteiger charge is 2.45. The van der Waals surface area contributed by atoms with E-state index in [0.717, 1.165) is 25.8 Å². The number of halogens is 1. The Hall–Kier alpha value is -1.01. The van der Waals surface area contributed by atoms with Crippen molar-refractivity contribution in [2.45, 2.75) is 58.6 Å². The van der Waals surface area contributed by atoms with E-state index in [4.69, 9.17) is 9.47 Å². The lowest BCUT2D eigenvalue weighted by Crippen LogP contribution is -2.45. The van der Waals surface area contributed by atoms with Crippen LogP contribution in [0, 0.1) is 5.41 Å². The summed E-state index contributed by atoms with van der Waals surface area (Å²) < 4.78 is 10.5. The van der Waals surface area contributed by atoms with Crippen molar-refractivity contribution in [3.05, 3.63) is 0 Å². The molecule has 1 atom stereocenters. The molecule has 2 aliphatic heterocycles. The Morgan fingerprint density at radius 1 is 1.26 bits per heavy atom. The number of carbonyl (C=O) groups is 2. The van der Waals surface area contributed by atoms with Gasteiger partial charge in [0.15, 0.2) is 0 Å². The predicted molar refractivity (Wildman–Crippen MR) is 89.8 cm³/mol. The summed E-state index contributed by atoms with van der Waals surface area (Å²) in [4.78, 5) is 25.7. The molecule has 0 saturated carbocycles. The van der Waals surface area contributed by atoms with Gasteiger partial charge in [-0.15, -0.1) is 12.4 Å². The molecule has 0 aromatic carbocycles. The number of amides is 1. The molecule has 6 nitrogen and oxygen atoms in total. The molecule has 2 fully saturated rings. The van der Waals surface area contributed by atoms with Crippen molar-refractivity contribution in [1.29, 1.82) is 0 Å². The lowest BCUT2D eigenvalue weighted by Gasteiger charge is -2.39. The number of rotatable bonds is 2. The number of piperidine rings is 1. The molecule has 134 valence electrons. The molecule has 23 heavy (non-hydrogen) atoms. The Labute approximate surface area is 144 Å². The highest BCUT2D eigenvalue weighted by atomic mass is 35.5. The number of nitrogens with zero attached hydrogens (tertiary/aromatic N) is 1. The van der Waals surface area contributed by atoms with Gasteiger partial charge in [-0.3, -0.25) is 4.79 Å². The second kappa shape index (κ2) is 7.71. The lowest BCUT2D eigenvalue weighted by molar-refractivity contribution is -0.145. The fourth-order valence-electron chi connectivity index (χ4n) is 3.20. The van der Waals surface area contributed by atoms with Crippen molar-refractivity contribution < 1.29 is 19.1 Å². The standard InChI is InChI=1S/C16H28N2O4.ClH/c1-5-21-13(19)12-10-16(11-17-12)6-8-18(9-7-16)14(20)22-15(2,3)4;/h12,17H,5-11H2,1-4H3;1H. The van der Waals surface area contributed by atoms with Crippen molar-refractivity contribution in [2.24, 2.45) is 5.41 Å². The van der Waals surface area contributed by atoms with E-state index in [1.165, 1.54) is 0 Å². The first-order valence-electron chi connectivity index (χ1n) is 8.13. The zero-order valence-electron chi connectivity index (χ0n) is 14.5. The molecule has 2 rings (SSSR count). The van der Waals surface area contributed by atoms with E-state index in [-0.39, 0.29) is 35.9 Å². The lowest BCUT2D eigenvalue weighted by atomic mass is 9.76. The zero-order chi connectivity index (χ0) is 16.4. The summed E-state index contributed by atoms with van der Waals surface area (Å²) in [5.74, 6) is -0.158. The minimum absolute atomic E-state index is 0. The molecule has 2 heterocycles. The first-order valence-corrected chi connectivity index (χ1v) is 8.13. The SMILES string of the molecule is CCOC(=O)C1CC2(CCN(C(=O)OC(C)(C)C)CC2)CN1.Cl. The second-order valence-corrected chi connectivity index (χ2v) is 7.36. The maximum atomic E-state index is 12.1. The van der Waals surface area contributed by atoms with Crippen LogP contribution < -0.4 is 5.32 Å². The molecular weight excluding hydrogens is 320 g/mol. The van der Waals surface area contributed by atoms with Crippen molar-refractivity contribution in [3.8, 4) is 0 Å². The number of likely N-dealkylation sites (tertiary alicyclic amines) is 1. The van der Waals surface area contributed by atoms with Crippen LogP contribution in [0.25, 0.3) is 0 Å². The predicted octanol–water partition coefficient (Wildman–Crippen LogP) is 2.35. The number of ether oxygens (including phenoxy) is 2. The van der Waals surface area contributed by atoms with Crippen LogP contribution in [0.1, 0.15) is 47.0 Å². The summed E-state index contributed by atoms with van der Waals surface area (Å²) in [6, 6.07) is -0.201. The topological polar surface area (TPSA) is 67.9 Å². The monoisotopic (exact) mass is 348 g/mol. The second-order valence-electron chi connectivity index (χ2n) is 7.36. The highest BCUT2D eigenvalue weighted by Crippen LogP contribution is 2.39. The van der Waals surface area contributed by atoms with Gasteiger partial charge in [-0.1, -0.05) is 0 Å². The first kappa shape index (κ1) is 20.0. The smallest absolute Gasteiger partial charge is 0.410 e. The molecule has 1 spiro atoms. The molecule has 0 bridgehead atoms. The van der Waals surface area contributed by atoms with Gasteiger partial charge in [-0.25, -0.2) is 4.79 Å². The summed E-state index contributed by atoms with van der Waals surface area (Å²) >= 11 is 0. The van der Waals surface area contributed by atoms with E-state index < -0.39 is 5.60 Å². The number of hydrogen-bond donors (Lipinski definition) is 1. The van der Waals surface area contributed by atoms with Crippen LogP contribution in [0.2, 0.25) is 0 Å². The molecule has 1 N–H and O–H groups in total. The molecule has 1 unspecified atom stereocenters. The molecule has 0 aromatic heterocycles. The van der Waals surface area contributed by atoms with Crippen LogP contribution in [0.5, 0.6) is 0 Å². The minimum atomic E-state index is -0.462. The molecule has 0 aliphatic carbocycles. The Bertz CT molecular complexity index is 428. The summed E-state index contributed by atoms with van der Waals surface area (Å²) in [6.07, 6.45) is 2.36. The zero-order valence-corrected chi connectivity index (χ0v) is 15.3. The van der Waals surface area contributed by atoms with Gasteiger partial charge in [0, 0.05) is 19.6 Å². The first-order chi connectivity index (χ1) is 10.2. The van der Waals surface area contributed by atoms with E-state index in [2.05, 4.69) is 5.32 Å². The molecule has 1 amide bonds. The van der Waals surface area contributed by atoms with Crippen molar-refractivity contribution in [3.63, 3.8) is 0 Å². The van der Waals surface area contributed by atoms with Gasteiger partial charge in [0.1, 0.15) is 11.6 Å². The average Bonchev–Trinajstić information content (AvgIpc) is 2.82. The molecule has 0 aromatic rings.